The molecule has 0 aromatic carbocycles. The van der Waals surface area contributed by atoms with Crippen LogP contribution in [-0.2, 0) is 14.3 Å². The number of alkyl halides is 3. The van der Waals surface area contributed by atoms with Crippen molar-refractivity contribution in [1.82, 2.24) is 0 Å². The number of carbonyl (C=O) groups is 2. The van der Waals surface area contributed by atoms with Crippen molar-refractivity contribution in [3.05, 3.63) is 0 Å². The lowest BCUT2D eigenvalue weighted by atomic mass is 10.1. The fraction of sp³-hybridized carbons (Fsp3) is 0.714. The largest absolute Gasteiger partial charge is 0.456 e. The monoisotopic (exact) mass is 198 g/mol. The van der Waals surface area contributed by atoms with E-state index in [4.69, 9.17) is 0 Å². The molecular formula is C7H9F3O3. The van der Waals surface area contributed by atoms with Crippen molar-refractivity contribution < 1.29 is 27.5 Å². The van der Waals surface area contributed by atoms with Crippen molar-refractivity contribution in [2.45, 2.75) is 32.0 Å². The number of halogens is 3. The van der Waals surface area contributed by atoms with Crippen molar-refractivity contribution in [2.24, 2.45) is 0 Å². The second-order valence-corrected chi connectivity index (χ2v) is 2.37. The molecule has 0 N–H and O–H groups in total. The fourth-order valence-corrected chi connectivity index (χ4v) is 0.773. The molecule has 0 rings (SSSR count). The van der Waals surface area contributed by atoms with E-state index >= 15 is 0 Å². The first-order valence-electron chi connectivity index (χ1n) is 3.63. The van der Waals surface area contributed by atoms with Crippen LogP contribution in [0.1, 0.15) is 19.8 Å². The summed E-state index contributed by atoms with van der Waals surface area (Å²) in [6.45, 7) is 1.44. The second kappa shape index (κ2) is 4.84. The molecule has 0 aromatic heterocycles. The highest BCUT2D eigenvalue weighted by atomic mass is 19.4. The third-order valence-electron chi connectivity index (χ3n) is 1.34. The van der Waals surface area contributed by atoms with Crippen LogP contribution in [0.4, 0.5) is 13.2 Å². The van der Waals surface area contributed by atoms with E-state index < -0.39 is 18.1 Å². The first-order chi connectivity index (χ1) is 5.93. The lowest BCUT2D eigenvalue weighted by Gasteiger charge is -2.14. The molecule has 0 saturated carbocycles. The molecule has 0 aromatic rings. The number of rotatable bonds is 5. The summed E-state index contributed by atoms with van der Waals surface area (Å²) >= 11 is 0. The van der Waals surface area contributed by atoms with Gasteiger partial charge in [0, 0.05) is 0 Å². The maximum Gasteiger partial charge on any atom is 0.453 e. The first-order valence-corrected chi connectivity index (χ1v) is 3.63. The van der Waals surface area contributed by atoms with Gasteiger partial charge in [-0.2, -0.15) is 13.2 Å². The van der Waals surface area contributed by atoms with Crippen LogP contribution in [0.3, 0.4) is 0 Å². The van der Waals surface area contributed by atoms with Gasteiger partial charge >= 0.3 is 6.18 Å². The van der Waals surface area contributed by atoms with Gasteiger partial charge in [0.1, 0.15) is 0 Å². The molecule has 76 valence electrons. The molecule has 0 amide bonds. The number of hydrogen-bond donors (Lipinski definition) is 0. The van der Waals surface area contributed by atoms with Crippen LogP contribution in [-0.4, -0.2) is 24.5 Å². The van der Waals surface area contributed by atoms with E-state index in [0.717, 1.165) is 0 Å². The molecule has 0 aliphatic heterocycles. The van der Waals surface area contributed by atoms with Crippen LogP contribution in [0.15, 0.2) is 0 Å². The van der Waals surface area contributed by atoms with Crippen LogP contribution >= 0.6 is 0 Å². The Balaban J connectivity index is 4.36. The molecule has 1 unspecified atom stereocenters. The zero-order valence-corrected chi connectivity index (χ0v) is 6.93. The van der Waals surface area contributed by atoms with Gasteiger partial charge in [0.2, 0.25) is 0 Å². The predicted molar refractivity (Wildman–Crippen MR) is 36.9 cm³/mol. The summed E-state index contributed by atoms with van der Waals surface area (Å²) in [5.74, 6) is -2.01. The predicted octanol–water partition coefficient (Wildman–Crippen LogP) is 1.46. The van der Waals surface area contributed by atoms with Crippen LogP contribution in [0.5, 0.6) is 0 Å². The lowest BCUT2D eigenvalue weighted by molar-refractivity contribution is -0.183. The molecule has 0 aliphatic rings. The molecule has 1 atom stereocenters. The highest BCUT2D eigenvalue weighted by molar-refractivity contribution is 5.88. The van der Waals surface area contributed by atoms with Crippen LogP contribution in [0.25, 0.3) is 0 Å². The standard InChI is InChI=1S/C7H9F3O3/c1-2-3-5(13-4-11)6(12)7(8,9)10/h4-5H,2-3H2,1H3. The van der Waals surface area contributed by atoms with Gasteiger partial charge in [-0.05, 0) is 6.42 Å². The van der Waals surface area contributed by atoms with Crippen LogP contribution < -0.4 is 0 Å². The molecule has 0 fully saturated rings. The van der Waals surface area contributed by atoms with Gasteiger partial charge in [-0.3, -0.25) is 9.59 Å². The van der Waals surface area contributed by atoms with E-state index in [0.29, 0.717) is 6.42 Å². The van der Waals surface area contributed by atoms with Crippen LogP contribution in [0.2, 0.25) is 0 Å². The van der Waals surface area contributed by atoms with Gasteiger partial charge in [0.15, 0.2) is 6.10 Å². The highest BCUT2D eigenvalue weighted by Crippen LogP contribution is 2.21. The first kappa shape index (κ1) is 11.9. The van der Waals surface area contributed by atoms with Gasteiger partial charge in [-0.25, -0.2) is 0 Å². The maximum absolute atomic E-state index is 11.8. The Morgan fingerprint density at radius 1 is 1.54 bits per heavy atom. The highest BCUT2D eigenvalue weighted by Gasteiger charge is 2.44. The number of ketones is 1. The zero-order chi connectivity index (χ0) is 10.5. The quantitative estimate of drug-likeness (QED) is 0.628. The normalized spacial score (nSPS) is 13.5. The summed E-state index contributed by atoms with van der Waals surface area (Å²) in [4.78, 5) is 20.3. The third kappa shape index (κ3) is 3.91. The minimum atomic E-state index is -4.94. The Labute approximate surface area is 72.9 Å². The molecular weight excluding hydrogens is 189 g/mol. The van der Waals surface area contributed by atoms with Gasteiger partial charge in [0.25, 0.3) is 12.3 Å². The number of hydrogen-bond acceptors (Lipinski definition) is 3. The molecule has 0 bridgehead atoms. The Hall–Kier alpha value is -1.07. The average molecular weight is 198 g/mol. The Kier molecular flexibility index (Phi) is 4.44. The molecule has 3 nitrogen and oxygen atoms in total. The molecule has 13 heavy (non-hydrogen) atoms. The van der Waals surface area contributed by atoms with Gasteiger partial charge in [-0.1, -0.05) is 13.3 Å². The maximum atomic E-state index is 11.8. The van der Waals surface area contributed by atoms with E-state index in [1.165, 1.54) is 0 Å². The van der Waals surface area contributed by atoms with Gasteiger partial charge in [-0.15, -0.1) is 0 Å². The minimum absolute atomic E-state index is 0.114. The molecule has 0 radical (unpaired) electrons. The van der Waals surface area contributed by atoms with Crippen molar-refractivity contribution in [3.63, 3.8) is 0 Å². The topological polar surface area (TPSA) is 43.4 Å². The van der Waals surface area contributed by atoms with Crippen molar-refractivity contribution in [2.75, 3.05) is 0 Å². The van der Waals surface area contributed by atoms with E-state index in [1.54, 1.807) is 6.92 Å². The Bertz CT molecular complexity index is 188. The molecule has 6 heteroatoms. The lowest BCUT2D eigenvalue weighted by Crippen LogP contribution is -2.36. The third-order valence-corrected chi connectivity index (χ3v) is 1.34. The second-order valence-electron chi connectivity index (χ2n) is 2.37. The molecule has 0 spiro atoms. The van der Waals surface area contributed by atoms with E-state index in [1.807, 2.05) is 0 Å². The zero-order valence-electron chi connectivity index (χ0n) is 6.93. The molecule has 0 saturated heterocycles. The van der Waals surface area contributed by atoms with E-state index in [9.17, 15) is 22.8 Å². The van der Waals surface area contributed by atoms with E-state index in [-0.39, 0.29) is 12.9 Å². The SMILES string of the molecule is CCCC(OC=O)C(=O)C(F)(F)F. The minimum Gasteiger partial charge on any atom is -0.456 e. The average Bonchev–Trinajstić information content (AvgIpc) is 2.01. The fourth-order valence-electron chi connectivity index (χ4n) is 0.773. The molecule has 0 heterocycles. The summed E-state index contributed by atoms with van der Waals surface area (Å²) in [5.41, 5.74) is 0. The van der Waals surface area contributed by atoms with Crippen LogP contribution in [0, 0.1) is 0 Å². The Morgan fingerprint density at radius 3 is 2.38 bits per heavy atom. The summed E-state index contributed by atoms with van der Waals surface area (Å²) in [5, 5.41) is 0. The number of ether oxygens (including phenoxy) is 1. The summed E-state index contributed by atoms with van der Waals surface area (Å²) in [7, 11) is 0. The van der Waals surface area contributed by atoms with Crippen molar-refractivity contribution in [1.29, 1.82) is 0 Å². The number of Topliss-reactive ketones (excluding diaryl/α,β-unsaturated/α-hetero) is 1. The van der Waals surface area contributed by atoms with Gasteiger partial charge in [0.05, 0.1) is 0 Å². The Morgan fingerprint density at radius 2 is 2.08 bits per heavy atom. The smallest absolute Gasteiger partial charge is 0.453 e. The summed E-state index contributed by atoms with van der Waals surface area (Å²) in [6, 6.07) is 0. The molecule has 0 aliphatic carbocycles. The summed E-state index contributed by atoms with van der Waals surface area (Å²) < 4.78 is 39.4. The van der Waals surface area contributed by atoms with Crippen molar-refractivity contribution in [3.8, 4) is 0 Å². The van der Waals surface area contributed by atoms with Gasteiger partial charge < -0.3 is 4.74 Å². The van der Waals surface area contributed by atoms with Crippen molar-refractivity contribution >= 4 is 12.3 Å². The number of carbonyl (C=O) groups excluding carboxylic acids is 2. The van der Waals surface area contributed by atoms with E-state index in [2.05, 4.69) is 4.74 Å². The summed E-state index contributed by atoms with van der Waals surface area (Å²) in [6.07, 6.45) is -6.41.